The number of fused-ring (bicyclic) bond motifs is 3. The first-order chi connectivity index (χ1) is 16.2. The van der Waals surface area contributed by atoms with Crippen molar-refractivity contribution in [2.45, 2.75) is 70.1 Å². The van der Waals surface area contributed by atoms with Crippen LogP contribution in [0, 0.1) is 0 Å². The SMILES string of the molecule is CC(=O)CC1CCc2c1[nH]c1ccc(OCc3ccc(C4CCC(=O)C4)c(C(F)(F)F)c3)cc21. The Balaban J connectivity index is 1.36. The van der Waals surface area contributed by atoms with Crippen molar-refractivity contribution in [3.63, 3.8) is 0 Å². The van der Waals surface area contributed by atoms with Gasteiger partial charge in [-0.25, -0.2) is 0 Å². The van der Waals surface area contributed by atoms with Crippen LogP contribution < -0.4 is 4.74 Å². The number of Topliss-reactive ketones (excluding diaryl/α,β-unsaturated/α-hetero) is 2. The Bertz CT molecular complexity index is 1270. The van der Waals surface area contributed by atoms with Crippen LogP contribution in [-0.2, 0) is 28.8 Å². The lowest BCUT2D eigenvalue weighted by molar-refractivity contribution is -0.138. The van der Waals surface area contributed by atoms with E-state index in [4.69, 9.17) is 4.74 Å². The Hall–Kier alpha value is -3.09. The van der Waals surface area contributed by atoms with Gasteiger partial charge in [-0.15, -0.1) is 0 Å². The van der Waals surface area contributed by atoms with E-state index in [-0.39, 0.29) is 42.0 Å². The van der Waals surface area contributed by atoms with Crippen molar-refractivity contribution in [3.05, 3.63) is 64.3 Å². The average Bonchev–Trinajstić information content (AvgIpc) is 3.47. The van der Waals surface area contributed by atoms with Crippen LogP contribution >= 0.6 is 0 Å². The number of ketones is 2. The Labute approximate surface area is 195 Å². The first-order valence-electron chi connectivity index (χ1n) is 11.7. The molecule has 1 saturated carbocycles. The molecule has 0 bridgehead atoms. The molecule has 0 radical (unpaired) electrons. The Morgan fingerprint density at radius 2 is 1.94 bits per heavy atom. The summed E-state index contributed by atoms with van der Waals surface area (Å²) in [7, 11) is 0. The molecule has 2 aromatic carbocycles. The summed E-state index contributed by atoms with van der Waals surface area (Å²) in [4.78, 5) is 26.6. The predicted molar refractivity (Wildman–Crippen MR) is 122 cm³/mol. The second kappa shape index (κ2) is 8.60. The van der Waals surface area contributed by atoms with Gasteiger partial charge in [-0.3, -0.25) is 4.79 Å². The molecule has 5 rings (SSSR count). The fraction of sp³-hybridized carbons (Fsp3) is 0.407. The van der Waals surface area contributed by atoms with Gasteiger partial charge in [-0.1, -0.05) is 12.1 Å². The zero-order valence-corrected chi connectivity index (χ0v) is 18.9. The number of hydrogen-bond donors (Lipinski definition) is 1. The molecule has 1 fully saturated rings. The van der Waals surface area contributed by atoms with E-state index in [1.807, 2.05) is 12.1 Å². The van der Waals surface area contributed by atoms with E-state index in [9.17, 15) is 22.8 Å². The van der Waals surface area contributed by atoms with E-state index < -0.39 is 11.7 Å². The maximum atomic E-state index is 13.8. The quantitative estimate of drug-likeness (QED) is 0.442. The van der Waals surface area contributed by atoms with E-state index in [0.29, 0.717) is 30.6 Å². The molecule has 1 heterocycles. The summed E-state index contributed by atoms with van der Waals surface area (Å²) in [5, 5.41) is 1.04. The number of carbonyl (C=O) groups is 2. The highest BCUT2D eigenvalue weighted by Crippen LogP contribution is 2.42. The van der Waals surface area contributed by atoms with Crippen LogP contribution in [0.2, 0.25) is 0 Å². The average molecular weight is 470 g/mol. The van der Waals surface area contributed by atoms with Gasteiger partial charge in [0.15, 0.2) is 0 Å². The second-order valence-corrected chi connectivity index (χ2v) is 9.55. The minimum Gasteiger partial charge on any atom is -0.489 e. The lowest BCUT2D eigenvalue weighted by atomic mass is 9.91. The normalized spacial score (nSPS) is 20.2. The standard InChI is InChI=1S/C27H26F3NO3/c1-15(32)10-18-4-8-22-23-13-20(6-9-25(23)31-26(18)22)34-14-16-2-7-21(17-3-5-19(33)12-17)24(11-16)27(28,29)30/h2,6-7,9,11,13,17-18,31H,3-5,8,10,12,14H2,1H3. The van der Waals surface area contributed by atoms with Crippen LogP contribution in [-0.4, -0.2) is 16.6 Å². The maximum absolute atomic E-state index is 13.8. The van der Waals surface area contributed by atoms with Gasteiger partial charge in [0, 0.05) is 41.8 Å². The zero-order chi connectivity index (χ0) is 24.0. The number of H-pyrrole nitrogens is 1. The number of aromatic amines is 1. The lowest BCUT2D eigenvalue weighted by Gasteiger charge is -2.18. The summed E-state index contributed by atoms with van der Waals surface area (Å²) in [5.74, 6) is 0.611. The van der Waals surface area contributed by atoms with Gasteiger partial charge in [0.1, 0.15) is 23.9 Å². The summed E-state index contributed by atoms with van der Waals surface area (Å²) < 4.78 is 47.2. The van der Waals surface area contributed by atoms with Gasteiger partial charge >= 0.3 is 6.18 Å². The van der Waals surface area contributed by atoms with Gasteiger partial charge < -0.3 is 14.5 Å². The molecule has 4 nitrogen and oxygen atoms in total. The van der Waals surface area contributed by atoms with Gasteiger partial charge in [0.2, 0.25) is 0 Å². The third kappa shape index (κ3) is 4.36. The molecular formula is C27H26F3NO3. The predicted octanol–water partition coefficient (Wildman–Crippen LogP) is 6.61. The number of aromatic nitrogens is 1. The molecule has 3 aromatic rings. The molecule has 34 heavy (non-hydrogen) atoms. The highest BCUT2D eigenvalue weighted by molar-refractivity contribution is 5.87. The van der Waals surface area contributed by atoms with E-state index in [1.165, 1.54) is 11.6 Å². The van der Waals surface area contributed by atoms with Gasteiger partial charge in [-0.2, -0.15) is 13.2 Å². The summed E-state index contributed by atoms with van der Waals surface area (Å²) in [6.07, 6.45) is -1.17. The van der Waals surface area contributed by atoms with Crippen molar-refractivity contribution in [1.82, 2.24) is 4.98 Å². The largest absolute Gasteiger partial charge is 0.489 e. The first kappa shape index (κ1) is 22.7. The van der Waals surface area contributed by atoms with E-state index >= 15 is 0 Å². The molecule has 178 valence electrons. The summed E-state index contributed by atoms with van der Waals surface area (Å²) in [5.41, 5.74) is 3.23. The van der Waals surface area contributed by atoms with Crippen LogP contribution in [0.15, 0.2) is 36.4 Å². The summed E-state index contributed by atoms with van der Waals surface area (Å²) >= 11 is 0. The Kier molecular flexibility index (Phi) is 5.74. The molecule has 0 amide bonds. The van der Waals surface area contributed by atoms with Crippen molar-refractivity contribution in [3.8, 4) is 5.75 Å². The summed E-state index contributed by atoms with van der Waals surface area (Å²) in [6, 6.07) is 9.95. The number of rotatable bonds is 6. The molecule has 1 aromatic heterocycles. The molecular weight excluding hydrogens is 443 g/mol. The van der Waals surface area contributed by atoms with Crippen molar-refractivity contribution >= 4 is 22.5 Å². The molecule has 0 saturated heterocycles. The fourth-order valence-electron chi connectivity index (χ4n) is 5.51. The molecule has 0 aliphatic heterocycles. The molecule has 2 unspecified atom stereocenters. The third-order valence-electron chi connectivity index (χ3n) is 7.11. The van der Waals surface area contributed by atoms with E-state index in [0.717, 1.165) is 35.5 Å². The van der Waals surface area contributed by atoms with Crippen molar-refractivity contribution in [2.24, 2.45) is 0 Å². The number of carbonyl (C=O) groups excluding carboxylic acids is 2. The topological polar surface area (TPSA) is 59.2 Å². The van der Waals surface area contributed by atoms with Gasteiger partial charge in [0.25, 0.3) is 0 Å². The third-order valence-corrected chi connectivity index (χ3v) is 7.11. The monoisotopic (exact) mass is 469 g/mol. The molecule has 2 aliphatic rings. The van der Waals surface area contributed by atoms with Gasteiger partial charge in [-0.05, 0) is 73.1 Å². The Morgan fingerprint density at radius 1 is 1.12 bits per heavy atom. The van der Waals surface area contributed by atoms with E-state index in [2.05, 4.69) is 4.98 Å². The van der Waals surface area contributed by atoms with Crippen LogP contribution in [0.3, 0.4) is 0 Å². The number of halogens is 3. The van der Waals surface area contributed by atoms with Gasteiger partial charge in [0.05, 0.1) is 5.56 Å². The number of alkyl halides is 3. The number of ether oxygens (including phenoxy) is 1. The van der Waals surface area contributed by atoms with E-state index in [1.54, 1.807) is 19.1 Å². The molecule has 1 N–H and O–H groups in total. The molecule has 7 heteroatoms. The maximum Gasteiger partial charge on any atom is 0.416 e. The molecule has 2 atom stereocenters. The number of nitrogens with one attached hydrogen (secondary N) is 1. The highest BCUT2D eigenvalue weighted by atomic mass is 19.4. The molecule has 0 spiro atoms. The minimum absolute atomic E-state index is 0.0119. The van der Waals surface area contributed by atoms with Crippen LogP contribution in [0.5, 0.6) is 5.75 Å². The van der Waals surface area contributed by atoms with Crippen LogP contribution in [0.1, 0.15) is 78.8 Å². The lowest BCUT2D eigenvalue weighted by Crippen LogP contribution is -2.12. The number of aryl methyl sites for hydroxylation is 1. The minimum atomic E-state index is -4.49. The number of benzene rings is 2. The van der Waals surface area contributed by atoms with Crippen molar-refractivity contribution in [1.29, 1.82) is 0 Å². The van der Waals surface area contributed by atoms with Crippen LogP contribution in [0.4, 0.5) is 13.2 Å². The van der Waals surface area contributed by atoms with Crippen molar-refractivity contribution < 1.29 is 27.5 Å². The second-order valence-electron chi connectivity index (χ2n) is 9.55. The number of hydrogen-bond acceptors (Lipinski definition) is 3. The molecule has 2 aliphatic carbocycles. The Morgan fingerprint density at radius 3 is 2.65 bits per heavy atom. The smallest absolute Gasteiger partial charge is 0.416 e. The fourth-order valence-corrected chi connectivity index (χ4v) is 5.51. The first-order valence-corrected chi connectivity index (χ1v) is 11.7. The summed E-state index contributed by atoms with van der Waals surface area (Å²) in [6.45, 7) is 1.62. The highest BCUT2D eigenvalue weighted by Gasteiger charge is 2.37. The van der Waals surface area contributed by atoms with Crippen molar-refractivity contribution in [2.75, 3.05) is 0 Å². The van der Waals surface area contributed by atoms with Crippen LogP contribution in [0.25, 0.3) is 10.9 Å². The zero-order valence-electron chi connectivity index (χ0n) is 18.9.